The number of hydrogen-bond acceptors (Lipinski definition) is 3. The Morgan fingerprint density at radius 1 is 1.38 bits per heavy atom. The van der Waals surface area contributed by atoms with Gasteiger partial charge in [0, 0.05) is 26.6 Å². The van der Waals surface area contributed by atoms with Crippen molar-refractivity contribution in [2.45, 2.75) is 32.9 Å². The average Bonchev–Trinajstić information content (AvgIpc) is 2.48. The van der Waals surface area contributed by atoms with Crippen molar-refractivity contribution < 1.29 is 9.18 Å². The molecule has 21 heavy (non-hydrogen) atoms. The van der Waals surface area contributed by atoms with Crippen LogP contribution in [0.2, 0.25) is 0 Å². The summed E-state index contributed by atoms with van der Waals surface area (Å²) >= 11 is 0. The number of carbonyl (C=O) groups excluding carboxylic acids is 1. The lowest BCUT2D eigenvalue weighted by Gasteiger charge is -2.32. The molecule has 1 aromatic carbocycles. The minimum Gasteiger partial charge on any atom is -0.356 e. The summed E-state index contributed by atoms with van der Waals surface area (Å²) in [6.07, 6.45) is 2.17. The predicted octanol–water partition coefficient (Wildman–Crippen LogP) is 1.63. The van der Waals surface area contributed by atoms with Gasteiger partial charge in [0.15, 0.2) is 0 Å². The van der Waals surface area contributed by atoms with E-state index in [1.54, 1.807) is 6.92 Å². The van der Waals surface area contributed by atoms with Gasteiger partial charge in [0.05, 0.1) is 0 Å². The number of nitrogens with zero attached hydrogens (tertiary/aromatic N) is 1. The first-order valence-corrected chi connectivity index (χ1v) is 7.52. The lowest BCUT2D eigenvalue weighted by molar-refractivity contribution is -0.119. The van der Waals surface area contributed by atoms with Gasteiger partial charge in [-0.15, -0.1) is 0 Å². The number of likely N-dealkylation sites (tertiary alicyclic amines) is 1. The van der Waals surface area contributed by atoms with Crippen molar-refractivity contribution in [1.29, 1.82) is 0 Å². The fourth-order valence-corrected chi connectivity index (χ4v) is 2.82. The molecule has 0 atom stereocenters. The van der Waals surface area contributed by atoms with Crippen molar-refractivity contribution >= 4 is 5.91 Å². The molecule has 0 aromatic heterocycles. The van der Waals surface area contributed by atoms with Crippen LogP contribution < -0.4 is 11.1 Å². The number of carbonyl (C=O) groups is 1. The summed E-state index contributed by atoms with van der Waals surface area (Å²) in [4.78, 5) is 13.3. The molecule has 1 heterocycles. The smallest absolute Gasteiger partial charge is 0.216 e. The van der Waals surface area contributed by atoms with Crippen LogP contribution in [0.5, 0.6) is 0 Å². The van der Waals surface area contributed by atoms with E-state index >= 15 is 0 Å². The van der Waals surface area contributed by atoms with E-state index in [4.69, 9.17) is 5.73 Å². The summed E-state index contributed by atoms with van der Waals surface area (Å²) in [5, 5.41) is 2.89. The molecule has 1 fully saturated rings. The third-order valence-corrected chi connectivity index (χ3v) is 4.13. The number of halogens is 1. The van der Waals surface area contributed by atoms with Crippen LogP contribution in [0, 0.1) is 11.7 Å². The first-order valence-electron chi connectivity index (χ1n) is 7.52. The zero-order chi connectivity index (χ0) is 15.2. The highest BCUT2D eigenvalue weighted by atomic mass is 19.1. The summed E-state index contributed by atoms with van der Waals surface area (Å²) < 4.78 is 13.2. The van der Waals surface area contributed by atoms with Gasteiger partial charge in [-0.05, 0) is 55.1 Å². The Kier molecular flexibility index (Phi) is 5.70. The molecule has 0 unspecified atom stereocenters. The molecule has 1 saturated heterocycles. The second-order valence-corrected chi connectivity index (χ2v) is 5.77. The van der Waals surface area contributed by atoms with E-state index in [1.165, 1.54) is 12.1 Å². The Hall–Kier alpha value is -1.46. The van der Waals surface area contributed by atoms with E-state index in [0.717, 1.165) is 50.1 Å². The van der Waals surface area contributed by atoms with E-state index in [9.17, 15) is 9.18 Å². The van der Waals surface area contributed by atoms with E-state index in [2.05, 4.69) is 10.2 Å². The van der Waals surface area contributed by atoms with Gasteiger partial charge in [-0.3, -0.25) is 9.69 Å². The second-order valence-electron chi connectivity index (χ2n) is 5.77. The van der Waals surface area contributed by atoms with Crippen LogP contribution in [0.25, 0.3) is 0 Å². The minimum atomic E-state index is -0.229. The third kappa shape index (κ3) is 4.79. The lowest BCUT2D eigenvalue weighted by Crippen LogP contribution is -2.38. The molecule has 0 radical (unpaired) electrons. The van der Waals surface area contributed by atoms with E-state index in [0.29, 0.717) is 12.5 Å². The highest BCUT2D eigenvalue weighted by molar-refractivity contribution is 5.72. The summed E-state index contributed by atoms with van der Waals surface area (Å²) in [5.74, 6) is 0.372. The van der Waals surface area contributed by atoms with Crippen molar-refractivity contribution in [1.82, 2.24) is 10.2 Å². The van der Waals surface area contributed by atoms with Gasteiger partial charge in [0.2, 0.25) is 5.91 Å². The fraction of sp³-hybridized carbons (Fsp3) is 0.562. The largest absolute Gasteiger partial charge is 0.356 e. The Balaban J connectivity index is 1.85. The minimum absolute atomic E-state index is 0.0383. The van der Waals surface area contributed by atoms with Gasteiger partial charge in [-0.25, -0.2) is 4.39 Å². The van der Waals surface area contributed by atoms with Crippen molar-refractivity contribution in [2.75, 3.05) is 19.6 Å². The molecule has 1 aliphatic heterocycles. The van der Waals surface area contributed by atoms with Crippen molar-refractivity contribution in [3.8, 4) is 0 Å². The molecule has 5 heteroatoms. The number of hydrogen-bond donors (Lipinski definition) is 2. The number of rotatable bonds is 5. The molecule has 3 N–H and O–H groups in total. The summed E-state index contributed by atoms with van der Waals surface area (Å²) in [6.45, 7) is 5.52. The lowest BCUT2D eigenvalue weighted by atomic mass is 9.96. The highest BCUT2D eigenvalue weighted by Gasteiger charge is 2.20. The molecular formula is C16H24FN3O. The van der Waals surface area contributed by atoms with Crippen LogP contribution in [-0.4, -0.2) is 30.4 Å². The number of amides is 1. The standard InChI is InChI=1S/C16H24FN3O/c1-12(21)19-10-13-4-6-20(7-5-13)11-14-2-3-16(17)8-15(14)9-18/h2-3,8,13H,4-7,9-11,18H2,1H3,(H,19,21). The summed E-state index contributed by atoms with van der Waals surface area (Å²) in [7, 11) is 0. The van der Waals surface area contributed by atoms with Crippen LogP contribution in [0.1, 0.15) is 30.9 Å². The molecule has 1 aliphatic rings. The van der Waals surface area contributed by atoms with E-state index in [-0.39, 0.29) is 11.7 Å². The summed E-state index contributed by atoms with van der Waals surface area (Å²) in [5.41, 5.74) is 7.68. The van der Waals surface area contributed by atoms with Gasteiger partial charge in [0.25, 0.3) is 0 Å². The zero-order valence-electron chi connectivity index (χ0n) is 12.6. The Labute approximate surface area is 125 Å². The van der Waals surface area contributed by atoms with Gasteiger partial charge in [-0.1, -0.05) is 6.07 Å². The third-order valence-electron chi connectivity index (χ3n) is 4.13. The maximum atomic E-state index is 13.2. The number of piperidine rings is 1. The fourth-order valence-electron chi connectivity index (χ4n) is 2.82. The number of nitrogens with two attached hydrogens (primary N) is 1. The molecule has 1 aromatic rings. The van der Waals surface area contributed by atoms with Crippen molar-refractivity contribution in [3.05, 3.63) is 35.1 Å². The topological polar surface area (TPSA) is 58.4 Å². The quantitative estimate of drug-likeness (QED) is 0.867. The van der Waals surface area contributed by atoms with Gasteiger partial charge in [0.1, 0.15) is 5.82 Å². The van der Waals surface area contributed by atoms with E-state index < -0.39 is 0 Å². The van der Waals surface area contributed by atoms with Crippen LogP contribution in [0.3, 0.4) is 0 Å². The summed E-state index contributed by atoms with van der Waals surface area (Å²) in [6, 6.07) is 4.86. The van der Waals surface area contributed by atoms with E-state index in [1.807, 2.05) is 6.07 Å². The molecule has 1 amide bonds. The Morgan fingerprint density at radius 2 is 2.10 bits per heavy atom. The SMILES string of the molecule is CC(=O)NCC1CCN(Cc2ccc(F)cc2CN)CC1. The van der Waals surface area contributed by atoms with Crippen LogP contribution in [-0.2, 0) is 17.9 Å². The van der Waals surface area contributed by atoms with Gasteiger partial charge in [-0.2, -0.15) is 0 Å². The van der Waals surface area contributed by atoms with Crippen LogP contribution >= 0.6 is 0 Å². The van der Waals surface area contributed by atoms with Gasteiger partial charge >= 0.3 is 0 Å². The van der Waals surface area contributed by atoms with Gasteiger partial charge < -0.3 is 11.1 Å². The molecule has 116 valence electrons. The first kappa shape index (κ1) is 15.9. The molecule has 0 bridgehead atoms. The highest BCUT2D eigenvalue weighted by Crippen LogP contribution is 2.20. The average molecular weight is 293 g/mol. The second kappa shape index (κ2) is 7.52. The normalized spacial score (nSPS) is 16.9. The maximum absolute atomic E-state index is 13.2. The first-order chi connectivity index (χ1) is 10.1. The maximum Gasteiger partial charge on any atom is 0.216 e. The van der Waals surface area contributed by atoms with Crippen LogP contribution in [0.4, 0.5) is 4.39 Å². The zero-order valence-corrected chi connectivity index (χ0v) is 12.6. The number of nitrogens with one attached hydrogen (secondary N) is 1. The monoisotopic (exact) mass is 293 g/mol. The molecule has 0 spiro atoms. The Morgan fingerprint density at radius 3 is 2.71 bits per heavy atom. The molecular weight excluding hydrogens is 269 g/mol. The van der Waals surface area contributed by atoms with Crippen molar-refractivity contribution in [2.24, 2.45) is 11.7 Å². The molecule has 0 aliphatic carbocycles. The molecule has 0 saturated carbocycles. The van der Waals surface area contributed by atoms with Crippen molar-refractivity contribution in [3.63, 3.8) is 0 Å². The molecule has 2 rings (SSSR count). The predicted molar refractivity (Wildman–Crippen MR) is 81.0 cm³/mol. The number of benzene rings is 1. The molecule has 4 nitrogen and oxygen atoms in total. The Bertz CT molecular complexity index is 484. The van der Waals surface area contributed by atoms with Crippen LogP contribution in [0.15, 0.2) is 18.2 Å².